The summed E-state index contributed by atoms with van der Waals surface area (Å²) in [7, 11) is 0. The zero-order valence-electron chi connectivity index (χ0n) is 18.4. The van der Waals surface area contributed by atoms with Gasteiger partial charge in [-0.25, -0.2) is 9.78 Å². The van der Waals surface area contributed by atoms with Crippen LogP contribution in [0.25, 0.3) is 11.1 Å². The van der Waals surface area contributed by atoms with E-state index in [2.05, 4.69) is 31.1 Å². The number of benzene rings is 1. The normalized spacial score (nSPS) is 20.9. The number of ether oxygens (including phenoxy) is 1. The van der Waals surface area contributed by atoms with Gasteiger partial charge in [0.1, 0.15) is 17.6 Å². The highest BCUT2D eigenvalue weighted by Gasteiger charge is 2.30. The van der Waals surface area contributed by atoms with Crippen LogP contribution in [0.1, 0.15) is 47.8 Å². The summed E-state index contributed by atoms with van der Waals surface area (Å²) in [5, 5.41) is 16.9. The third-order valence-corrected chi connectivity index (χ3v) is 6.38. The Morgan fingerprint density at radius 2 is 1.79 bits per heavy atom. The Morgan fingerprint density at radius 3 is 2.65 bits per heavy atom. The van der Waals surface area contributed by atoms with Gasteiger partial charge in [-0.05, 0) is 55.5 Å². The van der Waals surface area contributed by atoms with Crippen molar-refractivity contribution < 1.29 is 14.3 Å². The van der Waals surface area contributed by atoms with Gasteiger partial charge < -0.3 is 20.7 Å². The van der Waals surface area contributed by atoms with Crippen molar-refractivity contribution in [3.8, 4) is 11.1 Å². The first-order chi connectivity index (χ1) is 16.5. The molecule has 3 heterocycles. The molecule has 2 aliphatic rings. The maximum atomic E-state index is 13.1. The molecule has 9 nitrogen and oxygen atoms in total. The number of H-pyrrole nitrogens is 1. The van der Waals surface area contributed by atoms with E-state index >= 15 is 0 Å². The Bertz CT molecular complexity index is 1200. The lowest BCUT2D eigenvalue weighted by Gasteiger charge is -2.14. The zero-order chi connectivity index (χ0) is 23.5. The molecule has 2 atom stereocenters. The number of rotatable bonds is 1. The van der Waals surface area contributed by atoms with Crippen LogP contribution in [-0.4, -0.2) is 46.4 Å². The Kier molecular flexibility index (Phi) is 6.35. The van der Waals surface area contributed by atoms with Gasteiger partial charge >= 0.3 is 6.09 Å². The summed E-state index contributed by atoms with van der Waals surface area (Å²) < 4.78 is 5.56. The second-order valence-electron chi connectivity index (χ2n) is 8.51. The van der Waals surface area contributed by atoms with Crippen molar-refractivity contribution in [2.24, 2.45) is 0 Å². The summed E-state index contributed by atoms with van der Waals surface area (Å²) in [6.07, 6.45) is 2.50. The van der Waals surface area contributed by atoms with Gasteiger partial charge in [0.05, 0.1) is 0 Å². The number of nitrogens with zero attached hydrogens (tertiary/aromatic N) is 2. The second kappa shape index (κ2) is 9.72. The van der Waals surface area contributed by atoms with Crippen molar-refractivity contribution in [2.75, 3.05) is 18.4 Å². The SMILES string of the molecule is O=C1NCCCNC(=O)c2nc(ccc2-c2ccc(Cl)cc2)Nc2cc([nH]n2)[C@H]2CC[C@H](C2)O1. The number of carbonyl (C=O) groups excluding carboxylic acids is 2. The largest absolute Gasteiger partial charge is 0.446 e. The molecule has 0 unspecified atom stereocenters. The van der Waals surface area contributed by atoms with Crippen molar-refractivity contribution >= 4 is 35.2 Å². The summed E-state index contributed by atoms with van der Waals surface area (Å²) in [5.41, 5.74) is 2.79. The number of hydrogen-bond acceptors (Lipinski definition) is 6. The molecule has 6 bridgehead atoms. The molecule has 2 amide bonds. The third kappa shape index (κ3) is 4.99. The van der Waals surface area contributed by atoms with Crippen molar-refractivity contribution in [3.05, 3.63) is 58.9 Å². The minimum absolute atomic E-state index is 0.118. The molecule has 0 radical (unpaired) electrons. The van der Waals surface area contributed by atoms with Gasteiger partial charge in [0.15, 0.2) is 5.82 Å². The van der Waals surface area contributed by atoms with Crippen LogP contribution in [0.15, 0.2) is 42.5 Å². The van der Waals surface area contributed by atoms with Crippen LogP contribution in [0.3, 0.4) is 0 Å². The second-order valence-corrected chi connectivity index (χ2v) is 8.94. The molecule has 0 spiro atoms. The van der Waals surface area contributed by atoms with Crippen LogP contribution in [-0.2, 0) is 4.74 Å². The van der Waals surface area contributed by atoms with Gasteiger partial charge in [-0.3, -0.25) is 9.89 Å². The first kappa shape index (κ1) is 22.2. The predicted octanol–water partition coefficient (Wildman–Crippen LogP) is 4.36. The van der Waals surface area contributed by atoms with Gasteiger partial charge in [0.25, 0.3) is 5.91 Å². The van der Waals surface area contributed by atoms with Crippen molar-refractivity contribution in [2.45, 2.75) is 37.7 Å². The summed E-state index contributed by atoms with van der Waals surface area (Å²) in [6, 6.07) is 12.9. The zero-order valence-corrected chi connectivity index (χ0v) is 19.2. The predicted molar refractivity (Wildman–Crippen MR) is 128 cm³/mol. The molecule has 4 N–H and O–H groups in total. The van der Waals surface area contributed by atoms with Crippen molar-refractivity contribution in [3.63, 3.8) is 0 Å². The average Bonchev–Trinajstić information content (AvgIpc) is 3.48. The average molecular weight is 481 g/mol. The smallest absolute Gasteiger partial charge is 0.407 e. The summed E-state index contributed by atoms with van der Waals surface area (Å²) in [5.74, 6) is 1.05. The molecule has 10 heteroatoms. The molecule has 34 heavy (non-hydrogen) atoms. The van der Waals surface area contributed by atoms with E-state index in [1.807, 2.05) is 30.3 Å². The fraction of sp³-hybridized carbons (Fsp3) is 0.333. The Morgan fingerprint density at radius 1 is 0.971 bits per heavy atom. The maximum absolute atomic E-state index is 13.1. The fourth-order valence-electron chi connectivity index (χ4n) is 4.39. The number of nitrogens with one attached hydrogen (secondary N) is 4. The lowest BCUT2D eigenvalue weighted by molar-refractivity contribution is 0.0949. The Hall–Kier alpha value is -3.59. The molecule has 5 rings (SSSR count). The van der Waals surface area contributed by atoms with E-state index in [0.717, 1.165) is 30.5 Å². The topological polar surface area (TPSA) is 121 Å². The highest BCUT2D eigenvalue weighted by Crippen LogP contribution is 2.36. The van der Waals surface area contributed by atoms with Crippen molar-refractivity contribution in [1.82, 2.24) is 25.8 Å². The number of aromatic nitrogens is 3. The number of hydrogen-bond donors (Lipinski definition) is 4. The molecular weight excluding hydrogens is 456 g/mol. The van der Waals surface area contributed by atoms with Gasteiger partial charge in [0.2, 0.25) is 0 Å². The number of carbonyl (C=O) groups is 2. The van der Waals surface area contributed by atoms with E-state index in [-0.39, 0.29) is 23.6 Å². The minimum Gasteiger partial charge on any atom is -0.446 e. The van der Waals surface area contributed by atoms with Gasteiger partial charge in [0, 0.05) is 41.4 Å². The lowest BCUT2D eigenvalue weighted by Crippen LogP contribution is -2.32. The molecule has 176 valence electrons. The first-order valence-electron chi connectivity index (χ1n) is 11.4. The number of fused-ring (bicyclic) bond motifs is 7. The van der Waals surface area contributed by atoms with Crippen LogP contribution >= 0.6 is 11.6 Å². The van der Waals surface area contributed by atoms with Gasteiger partial charge in [-0.1, -0.05) is 23.7 Å². The molecule has 3 aromatic rings. The summed E-state index contributed by atoms with van der Waals surface area (Å²) >= 11 is 6.04. The van der Waals surface area contributed by atoms with E-state index < -0.39 is 6.09 Å². The molecule has 0 saturated heterocycles. The highest BCUT2D eigenvalue weighted by molar-refractivity contribution is 6.30. The molecule has 1 saturated carbocycles. The highest BCUT2D eigenvalue weighted by atomic mass is 35.5. The van der Waals surface area contributed by atoms with E-state index in [0.29, 0.717) is 41.7 Å². The van der Waals surface area contributed by atoms with E-state index in [4.69, 9.17) is 16.3 Å². The number of pyridine rings is 1. The monoisotopic (exact) mass is 480 g/mol. The van der Waals surface area contributed by atoms with Crippen LogP contribution in [0.5, 0.6) is 0 Å². The molecule has 1 aliphatic heterocycles. The number of anilines is 2. The van der Waals surface area contributed by atoms with E-state index in [1.165, 1.54) is 0 Å². The minimum atomic E-state index is -0.426. The van der Waals surface area contributed by atoms with Crippen LogP contribution in [0.2, 0.25) is 5.02 Å². The number of amides is 2. The summed E-state index contributed by atoms with van der Waals surface area (Å²) in [4.78, 5) is 29.8. The first-order valence-corrected chi connectivity index (χ1v) is 11.7. The quantitative estimate of drug-likeness (QED) is 0.410. The summed E-state index contributed by atoms with van der Waals surface area (Å²) in [6.45, 7) is 0.783. The molecule has 1 aliphatic carbocycles. The van der Waals surface area contributed by atoms with Crippen molar-refractivity contribution in [1.29, 1.82) is 0 Å². The lowest BCUT2D eigenvalue weighted by atomic mass is 10.0. The molecule has 2 aromatic heterocycles. The number of halogens is 1. The van der Waals surface area contributed by atoms with Gasteiger partial charge in [-0.15, -0.1) is 0 Å². The van der Waals surface area contributed by atoms with Gasteiger partial charge in [-0.2, -0.15) is 5.10 Å². The fourth-order valence-corrected chi connectivity index (χ4v) is 4.52. The van der Waals surface area contributed by atoms with Crippen LogP contribution in [0, 0.1) is 0 Å². The molecule has 1 fully saturated rings. The molecule has 1 aromatic carbocycles. The Labute approximate surface area is 201 Å². The Balaban J connectivity index is 1.46. The van der Waals surface area contributed by atoms with Crippen LogP contribution in [0.4, 0.5) is 16.4 Å². The standard InChI is InChI=1S/C24H25ClN6O3/c25-16-5-2-14(3-6-16)18-8-9-20-28-21-13-19(30-31-21)15-4-7-17(12-15)34-24(33)27-11-1-10-26-23(32)22(18)29-20/h2-3,5-6,8-9,13,15,17H,1,4,7,10-12H2,(H,26,32)(H,27,33)(H2,28,29,30,31)/t15-,17+/m0/s1. The van der Waals surface area contributed by atoms with Crippen LogP contribution < -0.4 is 16.0 Å². The number of alkyl carbamates (subject to hydrolysis) is 1. The maximum Gasteiger partial charge on any atom is 0.407 e. The van der Waals surface area contributed by atoms with E-state index in [9.17, 15) is 9.59 Å². The third-order valence-electron chi connectivity index (χ3n) is 6.13. The molecular formula is C24H25ClN6O3. The number of aromatic amines is 1. The van der Waals surface area contributed by atoms with E-state index in [1.54, 1.807) is 12.1 Å².